The molecule has 24 heavy (non-hydrogen) atoms. The number of halogens is 2. The van der Waals surface area contributed by atoms with Crippen LogP contribution in [0.15, 0.2) is 30.7 Å². The summed E-state index contributed by atoms with van der Waals surface area (Å²) >= 11 is 12.4. The number of hydrogen-bond acceptors (Lipinski definition) is 4. The molecule has 0 spiro atoms. The number of pyridine rings is 1. The lowest BCUT2D eigenvalue weighted by Crippen LogP contribution is -2.14. The van der Waals surface area contributed by atoms with Crippen LogP contribution in [0.5, 0.6) is 0 Å². The number of anilines is 1. The molecule has 0 radical (unpaired) electrons. The van der Waals surface area contributed by atoms with Crippen molar-refractivity contribution in [2.45, 2.75) is 20.4 Å². The predicted octanol–water partition coefficient (Wildman–Crippen LogP) is 4.23. The Hall–Kier alpha value is -1.82. The number of nitrogens with two attached hydrogens (primary N) is 1. The van der Waals surface area contributed by atoms with E-state index < -0.39 is 0 Å². The molecule has 0 atom stereocenters. The third kappa shape index (κ3) is 3.20. The van der Waals surface area contributed by atoms with Gasteiger partial charge in [-0.15, -0.1) is 10.2 Å². The molecule has 0 unspecified atom stereocenters. The average molecular weight is 364 g/mol. The van der Waals surface area contributed by atoms with Gasteiger partial charge in [0, 0.05) is 46.0 Å². The fourth-order valence-electron chi connectivity index (χ4n) is 2.65. The van der Waals surface area contributed by atoms with Gasteiger partial charge in [0.25, 0.3) is 0 Å². The van der Waals surface area contributed by atoms with Crippen molar-refractivity contribution in [2.75, 3.05) is 11.9 Å². The Morgan fingerprint density at radius 3 is 2.71 bits per heavy atom. The van der Waals surface area contributed by atoms with Gasteiger partial charge in [-0.3, -0.25) is 4.40 Å². The molecular formula is C17H19Cl2N5. The first kappa shape index (κ1) is 17.0. The second-order valence-electron chi connectivity index (χ2n) is 6.06. The van der Waals surface area contributed by atoms with Crippen LogP contribution in [0.1, 0.15) is 19.4 Å². The summed E-state index contributed by atoms with van der Waals surface area (Å²) in [6.45, 7) is 5.47. The molecule has 2 heterocycles. The van der Waals surface area contributed by atoms with Crippen molar-refractivity contribution in [2.24, 2.45) is 11.7 Å². The number of nitrogens with one attached hydrogen (secondary N) is 1. The van der Waals surface area contributed by atoms with Crippen molar-refractivity contribution in [3.63, 3.8) is 0 Å². The molecule has 7 heteroatoms. The summed E-state index contributed by atoms with van der Waals surface area (Å²) in [4.78, 5) is 0. The van der Waals surface area contributed by atoms with Crippen molar-refractivity contribution in [1.82, 2.24) is 14.6 Å². The predicted molar refractivity (Wildman–Crippen MR) is 99.7 cm³/mol. The van der Waals surface area contributed by atoms with Crippen molar-refractivity contribution in [3.8, 4) is 11.1 Å². The summed E-state index contributed by atoms with van der Waals surface area (Å²) in [5, 5.41) is 12.9. The lowest BCUT2D eigenvalue weighted by molar-refractivity contribution is 0.688. The number of rotatable bonds is 5. The van der Waals surface area contributed by atoms with Gasteiger partial charge in [0.15, 0.2) is 5.65 Å². The SMILES string of the molecule is CC(C)CNc1c(CN)c(-c2ccc(Cl)cc2Cl)cn2cnnc12. The monoisotopic (exact) mass is 363 g/mol. The van der Waals surface area contributed by atoms with Crippen molar-refractivity contribution in [3.05, 3.63) is 46.3 Å². The summed E-state index contributed by atoms with van der Waals surface area (Å²) in [5.41, 5.74) is 10.5. The molecule has 0 amide bonds. The maximum Gasteiger partial charge on any atom is 0.184 e. The smallest absolute Gasteiger partial charge is 0.184 e. The highest BCUT2D eigenvalue weighted by molar-refractivity contribution is 6.36. The van der Waals surface area contributed by atoms with Crippen LogP contribution in [0.2, 0.25) is 10.0 Å². The Labute approximate surface area is 150 Å². The number of hydrogen-bond donors (Lipinski definition) is 2. The van der Waals surface area contributed by atoms with E-state index in [2.05, 4.69) is 29.4 Å². The molecule has 0 fully saturated rings. The maximum absolute atomic E-state index is 6.41. The first-order valence-electron chi connectivity index (χ1n) is 7.75. The van der Waals surface area contributed by atoms with E-state index in [1.165, 1.54) is 0 Å². The third-order valence-electron chi connectivity index (χ3n) is 3.80. The number of aromatic nitrogens is 3. The van der Waals surface area contributed by atoms with Crippen LogP contribution >= 0.6 is 23.2 Å². The molecule has 1 aromatic carbocycles. The van der Waals surface area contributed by atoms with Crippen molar-refractivity contribution >= 4 is 34.5 Å². The van der Waals surface area contributed by atoms with E-state index >= 15 is 0 Å². The number of benzene rings is 1. The zero-order chi connectivity index (χ0) is 17.3. The van der Waals surface area contributed by atoms with Gasteiger partial charge in [-0.2, -0.15) is 0 Å². The van der Waals surface area contributed by atoms with Gasteiger partial charge in [-0.25, -0.2) is 0 Å². The molecule has 0 bridgehead atoms. The zero-order valence-corrected chi connectivity index (χ0v) is 15.1. The molecule has 0 aliphatic carbocycles. The average Bonchev–Trinajstić information content (AvgIpc) is 2.99. The minimum Gasteiger partial charge on any atom is -0.381 e. The van der Waals surface area contributed by atoms with Crippen molar-refractivity contribution in [1.29, 1.82) is 0 Å². The van der Waals surface area contributed by atoms with E-state index in [0.29, 0.717) is 22.5 Å². The highest BCUT2D eigenvalue weighted by Gasteiger charge is 2.17. The van der Waals surface area contributed by atoms with Gasteiger partial charge in [0.05, 0.1) is 5.69 Å². The van der Waals surface area contributed by atoms with E-state index in [-0.39, 0.29) is 0 Å². The van der Waals surface area contributed by atoms with E-state index in [0.717, 1.165) is 34.6 Å². The topological polar surface area (TPSA) is 68.2 Å². The number of fused-ring (bicyclic) bond motifs is 1. The molecular weight excluding hydrogens is 345 g/mol. The van der Waals surface area contributed by atoms with E-state index in [1.54, 1.807) is 12.4 Å². The van der Waals surface area contributed by atoms with Crippen LogP contribution in [-0.4, -0.2) is 21.1 Å². The molecule has 3 N–H and O–H groups in total. The van der Waals surface area contributed by atoms with Crippen LogP contribution in [0.3, 0.4) is 0 Å². The molecule has 0 saturated heterocycles. The Balaban J connectivity index is 2.23. The summed E-state index contributed by atoms with van der Waals surface area (Å²) < 4.78 is 1.88. The Morgan fingerprint density at radius 2 is 2.04 bits per heavy atom. The number of nitrogens with zero attached hydrogens (tertiary/aromatic N) is 3. The Kier molecular flexibility index (Phi) is 4.94. The molecule has 5 nitrogen and oxygen atoms in total. The van der Waals surface area contributed by atoms with Gasteiger partial charge < -0.3 is 11.1 Å². The minimum absolute atomic E-state index is 0.359. The van der Waals surface area contributed by atoms with Crippen LogP contribution < -0.4 is 11.1 Å². The molecule has 2 aromatic heterocycles. The molecule has 3 aromatic rings. The van der Waals surface area contributed by atoms with E-state index in [4.69, 9.17) is 28.9 Å². The maximum atomic E-state index is 6.41. The Bertz CT molecular complexity index is 873. The van der Waals surface area contributed by atoms with Crippen LogP contribution in [0, 0.1) is 5.92 Å². The molecule has 3 rings (SSSR count). The van der Waals surface area contributed by atoms with Gasteiger partial charge in [-0.1, -0.05) is 43.1 Å². The van der Waals surface area contributed by atoms with Crippen LogP contribution in [0.4, 0.5) is 5.69 Å². The first-order valence-corrected chi connectivity index (χ1v) is 8.51. The van der Waals surface area contributed by atoms with E-state index in [9.17, 15) is 0 Å². The van der Waals surface area contributed by atoms with Crippen LogP contribution in [0.25, 0.3) is 16.8 Å². The minimum atomic E-state index is 0.359. The molecule has 0 aliphatic rings. The van der Waals surface area contributed by atoms with Crippen molar-refractivity contribution < 1.29 is 0 Å². The fraction of sp³-hybridized carbons (Fsp3) is 0.294. The second-order valence-corrected chi connectivity index (χ2v) is 6.90. The summed E-state index contributed by atoms with van der Waals surface area (Å²) in [5.74, 6) is 0.487. The highest BCUT2D eigenvalue weighted by Crippen LogP contribution is 2.36. The summed E-state index contributed by atoms with van der Waals surface area (Å²) in [6, 6.07) is 5.46. The third-order valence-corrected chi connectivity index (χ3v) is 4.35. The summed E-state index contributed by atoms with van der Waals surface area (Å²) in [6.07, 6.45) is 3.62. The lowest BCUT2D eigenvalue weighted by atomic mass is 10.00. The standard InChI is InChI=1S/C17H19Cl2N5/c1-10(2)7-21-16-13(6-20)14(8-24-9-22-23-17(16)24)12-4-3-11(18)5-15(12)19/h3-5,8-10,21H,6-7,20H2,1-2H3. The quantitative estimate of drug-likeness (QED) is 0.711. The first-order chi connectivity index (χ1) is 11.5. The second kappa shape index (κ2) is 6.97. The molecule has 126 valence electrons. The summed E-state index contributed by atoms with van der Waals surface area (Å²) in [7, 11) is 0. The normalized spacial score (nSPS) is 11.4. The van der Waals surface area contributed by atoms with Gasteiger partial charge in [0.2, 0.25) is 0 Å². The van der Waals surface area contributed by atoms with E-state index in [1.807, 2.05) is 22.7 Å². The van der Waals surface area contributed by atoms with Crippen LogP contribution in [-0.2, 0) is 6.54 Å². The largest absolute Gasteiger partial charge is 0.381 e. The highest BCUT2D eigenvalue weighted by atomic mass is 35.5. The molecule has 0 saturated carbocycles. The molecule has 0 aliphatic heterocycles. The lowest BCUT2D eigenvalue weighted by Gasteiger charge is -2.18. The Morgan fingerprint density at radius 1 is 1.25 bits per heavy atom. The van der Waals surface area contributed by atoms with Gasteiger partial charge in [0.1, 0.15) is 6.33 Å². The van der Waals surface area contributed by atoms with Gasteiger partial charge in [-0.05, 0) is 18.1 Å². The fourth-order valence-corrected chi connectivity index (χ4v) is 3.16. The zero-order valence-electron chi connectivity index (χ0n) is 13.6. The van der Waals surface area contributed by atoms with Gasteiger partial charge >= 0.3 is 0 Å².